The number of nitrogens with zero attached hydrogens (tertiary/aromatic N) is 2. The van der Waals surface area contributed by atoms with Crippen LogP contribution in [0.2, 0.25) is 0 Å². The van der Waals surface area contributed by atoms with Gasteiger partial charge in [0.15, 0.2) is 0 Å². The van der Waals surface area contributed by atoms with Crippen LogP contribution in [0.15, 0.2) is 18.2 Å². The second kappa shape index (κ2) is 7.51. The van der Waals surface area contributed by atoms with E-state index >= 15 is 0 Å². The van der Waals surface area contributed by atoms with Gasteiger partial charge >= 0.3 is 12.1 Å². The molecule has 1 saturated carbocycles. The van der Waals surface area contributed by atoms with Crippen molar-refractivity contribution in [2.75, 3.05) is 6.61 Å². The molecular formula is C22H26N2O5. The number of nitriles is 1. The van der Waals surface area contributed by atoms with E-state index in [0.717, 1.165) is 16.0 Å². The fraction of sp³-hybridized carbons (Fsp3) is 0.545. The Bertz CT molecular complexity index is 887. The van der Waals surface area contributed by atoms with E-state index in [1.165, 1.54) is 0 Å². The predicted molar refractivity (Wildman–Crippen MR) is 104 cm³/mol. The lowest BCUT2D eigenvalue weighted by atomic mass is 9.57. The Balaban J connectivity index is 1.86. The average Bonchev–Trinajstić information content (AvgIpc) is 2.93. The van der Waals surface area contributed by atoms with Gasteiger partial charge in [-0.15, -0.1) is 0 Å². The number of imide groups is 1. The zero-order valence-corrected chi connectivity index (χ0v) is 17.3. The SMILES string of the molecule is CCOC(=O)CC1(c2ccc3c(c2)C(=O)N(C(=O)OC(C)(C)C)C3)CC(C#N)C1. The van der Waals surface area contributed by atoms with Crippen molar-refractivity contribution in [3.63, 3.8) is 0 Å². The number of fused-ring (bicyclic) bond motifs is 1. The number of rotatable bonds is 4. The van der Waals surface area contributed by atoms with Gasteiger partial charge in [-0.05, 0) is 57.7 Å². The van der Waals surface area contributed by atoms with Crippen LogP contribution < -0.4 is 0 Å². The summed E-state index contributed by atoms with van der Waals surface area (Å²) in [6.07, 6.45) is 0.590. The summed E-state index contributed by atoms with van der Waals surface area (Å²) >= 11 is 0. The molecule has 2 aliphatic rings. The minimum atomic E-state index is -0.695. The van der Waals surface area contributed by atoms with Gasteiger partial charge in [0.25, 0.3) is 5.91 Å². The molecule has 1 heterocycles. The third kappa shape index (κ3) is 4.12. The summed E-state index contributed by atoms with van der Waals surface area (Å²) in [6, 6.07) is 7.71. The second-order valence-electron chi connectivity index (χ2n) is 8.74. The Hall–Kier alpha value is -2.88. The lowest BCUT2D eigenvalue weighted by Crippen LogP contribution is -2.43. The van der Waals surface area contributed by atoms with Gasteiger partial charge in [-0.1, -0.05) is 12.1 Å². The molecule has 1 fully saturated rings. The molecule has 7 heteroatoms. The molecule has 7 nitrogen and oxygen atoms in total. The van der Waals surface area contributed by atoms with Gasteiger partial charge in [-0.2, -0.15) is 5.26 Å². The molecule has 0 aromatic heterocycles. The molecule has 0 bridgehead atoms. The van der Waals surface area contributed by atoms with E-state index in [4.69, 9.17) is 9.47 Å². The maximum atomic E-state index is 12.8. The smallest absolute Gasteiger partial charge is 0.417 e. The van der Waals surface area contributed by atoms with Gasteiger partial charge in [-0.25, -0.2) is 9.69 Å². The number of carbonyl (C=O) groups excluding carboxylic acids is 3. The standard InChI is InChI=1S/C22H26N2O5/c1-5-28-18(25)11-22(9-14(10-22)12-23)16-7-6-15-13-24(19(26)17(15)8-16)20(27)29-21(2,3)4/h6-8,14H,5,9-11,13H2,1-4H3. The monoisotopic (exact) mass is 398 g/mol. The zero-order valence-electron chi connectivity index (χ0n) is 17.3. The normalized spacial score (nSPS) is 23.1. The van der Waals surface area contributed by atoms with Crippen molar-refractivity contribution in [1.29, 1.82) is 5.26 Å². The molecule has 1 aliphatic carbocycles. The first kappa shape index (κ1) is 20.8. The van der Waals surface area contributed by atoms with E-state index in [-0.39, 0.29) is 24.9 Å². The van der Waals surface area contributed by atoms with E-state index in [1.54, 1.807) is 33.8 Å². The highest BCUT2D eigenvalue weighted by Gasteiger charge is 2.48. The number of ether oxygens (including phenoxy) is 2. The number of carbonyl (C=O) groups is 3. The molecular weight excluding hydrogens is 372 g/mol. The van der Waals surface area contributed by atoms with E-state index in [2.05, 4.69) is 6.07 Å². The molecule has 29 heavy (non-hydrogen) atoms. The molecule has 2 amide bonds. The lowest BCUT2D eigenvalue weighted by molar-refractivity contribution is -0.146. The molecule has 0 saturated heterocycles. The van der Waals surface area contributed by atoms with E-state index < -0.39 is 23.0 Å². The van der Waals surface area contributed by atoms with Crippen LogP contribution in [-0.2, 0) is 26.2 Å². The minimum Gasteiger partial charge on any atom is -0.466 e. The molecule has 1 aromatic carbocycles. The predicted octanol–water partition coefficient (Wildman–Crippen LogP) is 3.70. The van der Waals surface area contributed by atoms with Gasteiger partial charge in [0.05, 0.1) is 25.6 Å². The van der Waals surface area contributed by atoms with Gasteiger partial charge < -0.3 is 9.47 Å². The third-order valence-corrected chi connectivity index (χ3v) is 5.39. The molecule has 0 atom stereocenters. The zero-order chi connectivity index (χ0) is 21.4. The highest BCUT2D eigenvalue weighted by Crippen LogP contribution is 2.50. The van der Waals surface area contributed by atoms with Crippen LogP contribution in [0.1, 0.15) is 68.4 Å². The molecule has 3 rings (SSSR count). The molecule has 0 unspecified atom stereocenters. The Kier molecular flexibility index (Phi) is 5.40. The maximum absolute atomic E-state index is 12.8. The first-order valence-electron chi connectivity index (χ1n) is 9.82. The van der Waals surface area contributed by atoms with Crippen LogP contribution in [0, 0.1) is 17.2 Å². The van der Waals surface area contributed by atoms with Crippen molar-refractivity contribution in [1.82, 2.24) is 4.90 Å². The third-order valence-electron chi connectivity index (χ3n) is 5.39. The number of benzene rings is 1. The summed E-state index contributed by atoms with van der Waals surface area (Å²) in [5.74, 6) is -0.837. The molecule has 1 aliphatic heterocycles. The van der Waals surface area contributed by atoms with Crippen LogP contribution >= 0.6 is 0 Å². The summed E-state index contributed by atoms with van der Waals surface area (Å²) in [4.78, 5) is 38.5. The van der Waals surface area contributed by atoms with Gasteiger partial charge in [0, 0.05) is 16.9 Å². The van der Waals surface area contributed by atoms with Crippen LogP contribution in [0.5, 0.6) is 0 Å². The molecule has 0 radical (unpaired) electrons. The Morgan fingerprint density at radius 3 is 2.59 bits per heavy atom. The summed E-state index contributed by atoms with van der Waals surface area (Å²) in [7, 11) is 0. The number of hydrogen-bond donors (Lipinski definition) is 0. The van der Waals surface area contributed by atoms with E-state index in [9.17, 15) is 19.6 Å². The summed E-state index contributed by atoms with van der Waals surface area (Å²) in [5, 5.41) is 9.21. The Labute approximate surface area is 170 Å². The topological polar surface area (TPSA) is 96.7 Å². The highest BCUT2D eigenvalue weighted by atomic mass is 16.6. The van der Waals surface area contributed by atoms with Crippen LogP contribution in [0.3, 0.4) is 0 Å². The van der Waals surface area contributed by atoms with Crippen LogP contribution in [-0.4, -0.2) is 35.1 Å². The van der Waals surface area contributed by atoms with E-state index in [1.807, 2.05) is 12.1 Å². The summed E-state index contributed by atoms with van der Waals surface area (Å²) < 4.78 is 10.4. The second-order valence-corrected chi connectivity index (χ2v) is 8.74. The summed E-state index contributed by atoms with van der Waals surface area (Å²) in [5.41, 5.74) is 0.805. The Morgan fingerprint density at radius 2 is 2.00 bits per heavy atom. The van der Waals surface area contributed by atoms with Crippen molar-refractivity contribution in [2.24, 2.45) is 5.92 Å². The van der Waals surface area contributed by atoms with E-state index in [0.29, 0.717) is 25.0 Å². The van der Waals surface area contributed by atoms with Crippen LogP contribution in [0.4, 0.5) is 4.79 Å². The fourth-order valence-electron chi connectivity index (χ4n) is 4.04. The largest absolute Gasteiger partial charge is 0.466 e. The van der Waals surface area contributed by atoms with Crippen molar-refractivity contribution in [3.05, 3.63) is 34.9 Å². The molecule has 1 aromatic rings. The maximum Gasteiger partial charge on any atom is 0.417 e. The minimum absolute atomic E-state index is 0.119. The number of hydrogen-bond acceptors (Lipinski definition) is 6. The lowest BCUT2D eigenvalue weighted by Gasteiger charge is -2.45. The van der Waals surface area contributed by atoms with Gasteiger partial charge in [0.1, 0.15) is 5.60 Å². The van der Waals surface area contributed by atoms with Crippen molar-refractivity contribution >= 4 is 18.0 Å². The first-order chi connectivity index (χ1) is 13.6. The van der Waals surface area contributed by atoms with Crippen molar-refractivity contribution < 1.29 is 23.9 Å². The van der Waals surface area contributed by atoms with Gasteiger partial charge in [0.2, 0.25) is 0 Å². The fourth-order valence-corrected chi connectivity index (χ4v) is 4.04. The number of amides is 2. The average molecular weight is 398 g/mol. The van der Waals surface area contributed by atoms with Crippen molar-refractivity contribution in [2.45, 2.75) is 64.5 Å². The van der Waals surface area contributed by atoms with Crippen molar-refractivity contribution in [3.8, 4) is 6.07 Å². The molecule has 0 N–H and O–H groups in total. The summed E-state index contributed by atoms with van der Waals surface area (Å²) in [6.45, 7) is 7.45. The Morgan fingerprint density at radius 1 is 1.31 bits per heavy atom. The number of esters is 1. The quantitative estimate of drug-likeness (QED) is 0.718. The first-order valence-corrected chi connectivity index (χ1v) is 9.82. The molecule has 154 valence electrons. The van der Waals surface area contributed by atoms with Gasteiger partial charge in [-0.3, -0.25) is 9.59 Å². The van der Waals surface area contributed by atoms with Crippen LogP contribution in [0.25, 0.3) is 0 Å². The molecule has 0 spiro atoms. The highest BCUT2D eigenvalue weighted by molar-refractivity contribution is 6.06.